The standard InChI is InChI=1S/C51H33N7/c1-5-15-35(16-6-1)46-53-47(36-17-7-2-8-18-36)56-50(55-46)39-28-26-34(27-29-39)43-32-41-25-14-30-52-45(41)44(33-43)40-23-13-24-42(31-40)51-57-48(37-19-9-3-10-20-37)54-49(58-51)38-21-11-4-12-22-38/h1-33H. The Balaban J connectivity index is 1.04. The summed E-state index contributed by atoms with van der Waals surface area (Å²) in [5.41, 5.74) is 10.6. The van der Waals surface area contributed by atoms with Gasteiger partial charge in [-0.05, 0) is 41.0 Å². The van der Waals surface area contributed by atoms with Gasteiger partial charge in [0.1, 0.15) is 0 Å². The van der Waals surface area contributed by atoms with Gasteiger partial charge < -0.3 is 0 Å². The summed E-state index contributed by atoms with van der Waals surface area (Å²) in [6.07, 6.45) is 1.84. The van der Waals surface area contributed by atoms with Gasteiger partial charge in [0, 0.05) is 50.5 Å². The van der Waals surface area contributed by atoms with Crippen molar-refractivity contribution in [2.75, 3.05) is 0 Å². The van der Waals surface area contributed by atoms with Crippen molar-refractivity contribution in [1.82, 2.24) is 34.9 Å². The summed E-state index contributed by atoms with van der Waals surface area (Å²) in [6, 6.07) is 65.4. The third-order valence-electron chi connectivity index (χ3n) is 10.0. The number of pyridine rings is 1. The molecule has 0 aliphatic rings. The zero-order chi connectivity index (χ0) is 38.7. The largest absolute Gasteiger partial charge is 0.256 e. The molecule has 0 saturated heterocycles. The normalized spacial score (nSPS) is 11.1. The van der Waals surface area contributed by atoms with E-state index in [4.69, 9.17) is 34.9 Å². The van der Waals surface area contributed by atoms with E-state index in [0.29, 0.717) is 34.9 Å². The van der Waals surface area contributed by atoms with Crippen LogP contribution in [0.2, 0.25) is 0 Å². The average molecular weight is 744 g/mol. The van der Waals surface area contributed by atoms with Crippen LogP contribution in [-0.2, 0) is 0 Å². The predicted octanol–water partition coefficient (Wildman–Crippen LogP) is 11.9. The molecule has 0 N–H and O–H groups in total. The van der Waals surface area contributed by atoms with E-state index in [1.165, 1.54) is 0 Å². The third-order valence-corrected chi connectivity index (χ3v) is 10.0. The highest BCUT2D eigenvalue weighted by Crippen LogP contribution is 2.36. The number of hydrogen-bond donors (Lipinski definition) is 0. The first-order chi connectivity index (χ1) is 28.7. The molecule has 7 heteroatoms. The van der Waals surface area contributed by atoms with Crippen molar-refractivity contribution < 1.29 is 0 Å². The van der Waals surface area contributed by atoms with Gasteiger partial charge in [-0.3, -0.25) is 4.98 Å². The fourth-order valence-electron chi connectivity index (χ4n) is 7.09. The van der Waals surface area contributed by atoms with E-state index < -0.39 is 0 Å². The molecule has 272 valence electrons. The zero-order valence-electron chi connectivity index (χ0n) is 31.2. The van der Waals surface area contributed by atoms with Crippen LogP contribution in [0.4, 0.5) is 0 Å². The molecular weight excluding hydrogens is 711 g/mol. The second kappa shape index (κ2) is 15.2. The molecule has 0 unspecified atom stereocenters. The second-order valence-corrected chi connectivity index (χ2v) is 13.8. The highest BCUT2D eigenvalue weighted by Gasteiger charge is 2.16. The molecule has 7 nitrogen and oxygen atoms in total. The van der Waals surface area contributed by atoms with Crippen LogP contribution in [0.1, 0.15) is 0 Å². The summed E-state index contributed by atoms with van der Waals surface area (Å²) in [6.45, 7) is 0. The van der Waals surface area contributed by atoms with E-state index in [0.717, 1.165) is 66.5 Å². The van der Waals surface area contributed by atoms with Crippen molar-refractivity contribution in [1.29, 1.82) is 0 Å². The maximum atomic E-state index is 4.99. The summed E-state index contributed by atoms with van der Waals surface area (Å²) in [5.74, 6) is 3.72. The monoisotopic (exact) mass is 743 g/mol. The van der Waals surface area contributed by atoms with Gasteiger partial charge in [0.15, 0.2) is 34.9 Å². The van der Waals surface area contributed by atoms with Crippen LogP contribution in [0.5, 0.6) is 0 Å². The van der Waals surface area contributed by atoms with Gasteiger partial charge in [0.25, 0.3) is 0 Å². The Bertz CT molecular complexity index is 2910. The fraction of sp³-hybridized carbons (Fsp3) is 0. The van der Waals surface area contributed by atoms with Gasteiger partial charge in [-0.25, -0.2) is 29.9 Å². The summed E-state index contributed by atoms with van der Waals surface area (Å²) in [4.78, 5) is 34.4. The molecule has 0 radical (unpaired) electrons. The van der Waals surface area contributed by atoms with E-state index >= 15 is 0 Å². The molecule has 0 bridgehead atoms. The summed E-state index contributed by atoms with van der Waals surface area (Å²) >= 11 is 0. The van der Waals surface area contributed by atoms with Crippen molar-refractivity contribution in [3.8, 4) is 90.6 Å². The van der Waals surface area contributed by atoms with Crippen LogP contribution in [0, 0.1) is 0 Å². The molecule has 0 spiro atoms. The van der Waals surface area contributed by atoms with E-state index in [9.17, 15) is 0 Å². The number of fused-ring (bicyclic) bond motifs is 1. The first kappa shape index (κ1) is 34.5. The Morgan fingerprint density at radius 1 is 0.241 bits per heavy atom. The van der Waals surface area contributed by atoms with E-state index in [2.05, 4.69) is 60.7 Å². The Morgan fingerprint density at radius 2 is 0.621 bits per heavy atom. The van der Waals surface area contributed by atoms with Crippen molar-refractivity contribution in [2.24, 2.45) is 0 Å². The molecule has 58 heavy (non-hydrogen) atoms. The molecule has 0 fully saturated rings. The quantitative estimate of drug-likeness (QED) is 0.153. The van der Waals surface area contributed by atoms with Gasteiger partial charge in [-0.15, -0.1) is 0 Å². The minimum Gasteiger partial charge on any atom is -0.256 e. The molecular formula is C51H33N7. The Morgan fingerprint density at radius 3 is 1.09 bits per heavy atom. The maximum Gasteiger partial charge on any atom is 0.164 e. The van der Waals surface area contributed by atoms with Crippen molar-refractivity contribution in [3.63, 3.8) is 0 Å². The van der Waals surface area contributed by atoms with Crippen LogP contribution in [0.3, 0.4) is 0 Å². The van der Waals surface area contributed by atoms with Crippen molar-refractivity contribution in [3.05, 3.63) is 200 Å². The lowest BCUT2D eigenvalue weighted by Gasteiger charge is -2.13. The van der Waals surface area contributed by atoms with E-state index in [-0.39, 0.29) is 0 Å². The summed E-state index contributed by atoms with van der Waals surface area (Å²) in [7, 11) is 0. The number of aromatic nitrogens is 7. The van der Waals surface area contributed by atoms with Gasteiger partial charge in [-0.1, -0.05) is 170 Å². The molecule has 3 heterocycles. The van der Waals surface area contributed by atoms with Crippen LogP contribution in [0.15, 0.2) is 200 Å². The molecule has 0 aliphatic heterocycles. The fourth-order valence-corrected chi connectivity index (χ4v) is 7.09. The minimum absolute atomic E-state index is 0.600. The Kier molecular flexibility index (Phi) is 9.06. The first-order valence-corrected chi connectivity index (χ1v) is 19.1. The topological polar surface area (TPSA) is 90.2 Å². The molecule has 3 aromatic heterocycles. The number of benzene rings is 7. The molecule has 0 saturated carbocycles. The summed E-state index contributed by atoms with van der Waals surface area (Å²) < 4.78 is 0. The Hall–Kier alpha value is -8.03. The summed E-state index contributed by atoms with van der Waals surface area (Å²) in [5, 5.41) is 1.04. The lowest BCUT2D eigenvalue weighted by atomic mass is 9.94. The van der Waals surface area contributed by atoms with E-state index in [1.807, 2.05) is 140 Å². The van der Waals surface area contributed by atoms with Crippen LogP contribution in [0.25, 0.3) is 101 Å². The molecule has 10 aromatic rings. The van der Waals surface area contributed by atoms with Gasteiger partial charge in [-0.2, -0.15) is 0 Å². The van der Waals surface area contributed by atoms with Gasteiger partial charge >= 0.3 is 0 Å². The SMILES string of the molecule is c1ccc(-c2nc(-c3ccccc3)nc(-c3ccc(-c4cc(-c5cccc(-c6nc(-c7ccccc7)nc(-c7ccccc7)n6)c5)c5ncccc5c4)cc3)n2)cc1. The molecule has 0 amide bonds. The lowest BCUT2D eigenvalue weighted by molar-refractivity contribution is 1.07. The molecule has 7 aromatic carbocycles. The zero-order valence-corrected chi connectivity index (χ0v) is 31.2. The molecule has 0 aliphatic carbocycles. The molecule has 10 rings (SSSR count). The first-order valence-electron chi connectivity index (χ1n) is 19.1. The number of nitrogens with zero attached hydrogens (tertiary/aromatic N) is 7. The van der Waals surface area contributed by atoms with Crippen molar-refractivity contribution >= 4 is 10.9 Å². The van der Waals surface area contributed by atoms with Crippen LogP contribution >= 0.6 is 0 Å². The maximum absolute atomic E-state index is 4.99. The highest BCUT2D eigenvalue weighted by atomic mass is 15.0. The minimum atomic E-state index is 0.600. The lowest BCUT2D eigenvalue weighted by Crippen LogP contribution is -2.00. The van der Waals surface area contributed by atoms with Crippen molar-refractivity contribution in [2.45, 2.75) is 0 Å². The van der Waals surface area contributed by atoms with Gasteiger partial charge in [0.2, 0.25) is 0 Å². The smallest absolute Gasteiger partial charge is 0.164 e. The third kappa shape index (κ3) is 7.00. The average Bonchev–Trinajstić information content (AvgIpc) is 3.32. The van der Waals surface area contributed by atoms with E-state index in [1.54, 1.807) is 0 Å². The van der Waals surface area contributed by atoms with Gasteiger partial charge in [0.05, 0.1) is 5.52 Å². The van der Waals surface area contributed by atoms with Crippen LogP contribution < -0.4 is 0 Å². The Labute approximate surface area is 335 Å². The van der Waals surface area contributed by atoms with Crippen LogP contribution in [-0.4, -0.2) is 34.9 Å². The second-order valence-electron chi connectivity index (χ2n) is 13.8. The highest BCUT2D eigenvalue weighted by molar-refractivity contribution is 5.98. The molecule has 0 atom stereocenters. The number of hydrogen-bond acceptors (Lipinski definition) is 7. The predicted molar refractivity (Wildman–Crippen MR) is 232 cm³/mol. The number of rotatable bonds is 8.